The molecule has 0 radical (unpaired) electrons. The van der Waals surface area contributed by atoms with Crippen LogP contribution in [0.3, 0.4) is 0 Å². The number of esters is 1. The van der Waals surface area contributed by atoms with Crippen molar-refractivity contribution < 1.29 is 17.9 Å². The average Bonchev–Trinajstić information content (AvgIpc) is 3.51. The van der Waals surface area contributed by atoms with Crippen molar-refractivity contribution in [1.29, 1.82) is 0 Å². The van der Waals surface area contributed by atoms with Crippen molar-refractivity contribution in [2.75, 3.05) is 18.0 Å². The summed E-state index contributed by atoms with van der Waals surface area (Å²) < 4.78 is 35.0. The molecule has 2 aromatic carbocycles. The number of thiophene rings is 1. The topological polar surface area (TPSA) is 63.7 Å². The van der Waals surface area contributed by atoms with E-state index in [0.29, 0.717) is 18.0 Å². The Balaban J connectivity index is 1.80. The van der Waals surface area contributed by atoms with Gasteiger partial charge in [-0.25, -0.2) is 13.2 Å². The molecule has 1 fully saturated rings. The minimum atomic E-state index is -3.78. The van der Waals surface area contributed by atoms with E-state index < -0.39 is 16.0 Å². The number of ether oxygens (including phenoxy) is 1. The lowest BCUT2D eigenvalue weighted by Gasteiger charge is -2.25. The van der Waals surface area contributed by atoms with Gasteiger partial charge in [-0.2, -0.15) is 0 Å². The molecule has 3 aromatic rings. The fraction of sp³-hybridized carbons (Fsp3) is 0.375. The highest BCUT2D eigenvalue weighted by molar-refractivity contribution is 7.93. The first-order valence-electron chi connectivity index (χ1n) is 10.6. The van der Waals surface area contributed by atoms with Crippen molar-refractivity contribution in [2.45, 2.75) is 43.9 Å². The van der Waals surface area contributed by atoms with Crippen molar-refractivity contribution in [1.82, 2.24) is 0 Å². The zero-order chi connectivity index (χ0) is 22.2. The smallest absolute Gasteiger partial charge is 0.337 e. The molecule has 164 valence electrons. The number of carbonyl (C=O) groups is 1. The maximum Gasteiger partial charge on any atom is 0.337 e. The SMILES string of the molecule is COC(=O)c1ccc(S(=O)(=O)N(CCC2CC2)c2sc3ccccc3c2C(C)C)cc1. The molecule has 0 saturated heterocycles. The molecule has 1 heterocycles. The van der Waals surface area contributed by atoms with Crippen LogP contribution in [-0.2, 0) is 14.8 Å². The van der Waals surface area contributed by atoms with E-state index in [-0.39, 0.29) is 10.8 Å². The van der Waals surface area contributed by atoms with Crippen LogP contribution in [0.25, 0.3) is 10.1 Å². The number of benzene rings is 2. The molecule has 5 nitrogen and oxygen atoms in total. The molecule has 0 unspecified atom stereocenters. The van der Waals surface area contributed by atoms with Crippen LogP contribution in [0.4, 0.5) is 5.00 Å². The Hall–Kier alpha value is -2.38. The van der Waals surface area contributed by atoms with Gasteiger partial charge in [0.25, 0.3) is 10.0 Å². The van der Waals surface area contributed by atoms with Crippen LogP contribution >= 0.6 is 11.3 Å². The van der Waals surface area contributed by atoms with Gasteiger partial charge in [0.1, 0.15) is 5.00 Å². The summed E-state index contributed by atoms with van der Waals surface area (Å²) in [5.74, 6) is 0.309. The Kier molecular flexibility index (Phi) is 6.08. The second-order valence-electron chi connectivity index (χ2n) is 8.30. The van der Waals surface area contributed by atoms with Crippen LogP contribution in [0.15, 0.2) is 53.4 Å². The van der Waals surface area contributed by atoms with E-state index in [1.807, 2.05) is 18.2 Å². The first-order chi connectivity index (χ1) is 14.8. The molecule has 1 aromatic heterocycles. The number of fused-ring (bicyclic) bond motifs is 1. The van der Waals surface area contributed by atoms with E-state index in [1.165, 1.54) is 55.6 Å². The van der Waals surface area contributed by atoms with Crippen LogP contribution in [0.2, 0.25) is 0 Å². The van der Waals surface area contributed by atoms with Gasteiger partial charge in [-0.05, 0) is 59.5 Å². The summed E-state index contributed by atoms with van der Waals surface area (Å²) in [7, 11) is -2.48. The van der Waals surface area contributed by atoms with Gasteiger partial charge in [0.15, 0.2) is 0 Å². The number of carbonyl (C=O) groups excluding carboxylic acids is 1. The fourth-order valence-electron chi connectivity index (χ4n) is 3.84. The lowest BCUT2D eigenvalue weighted by atomic mass is 10.0. The lowest BCUT2D eigenvalue weighted by Crippen LogP contribution is -2.32. The highest BCUT2D eigenvalue weighted by Crippen LogP contribution is 2.45. The van der Waals surface area contributed by atoms with Crippen LogP contribution in [0.1, 0.15) is 54.9 Å². The molecule has 0 spiro atoms. The largest absolute Gasteiger partial charge is 0.465 e. The molecule has 0 N–H and O–H groups in total. The number of methoxy groups -OCH3 is 1. The maximum absolute atomic E-state index is 13.8. The van der Waals surface area contributed by atoms with Crippen molar-refractivity contribution in [2.24, 2.45) is 5.92 Å². The van der Waals surface area contributed by atoms with E-state index in [9.17, 15) is 13.2 Å². The Morgan fingerprint density at radius 1 is 1.13 bits per heavy atom. The molecule has 31 heavy (non-hydrogen) atoms. The standard InChI is InChI=1S/C24H27NO4S2/c1-16(2)22-20-6-4-5-7-21(20)30-23(22)25(15-14-17-8-9-17)31(27,28)19-12-10-18(11-13-19)24(26)29-3/h4-7,10-13,16-17H,8-9,14-15H2,1-3H3. The van der Waals surface area contributed by atoms with Crippen molar-refractivity contribution in [3.63, 3.8) is 0 Å². The molecule has 1 aliphatic carbocycles. The van der Waals surface area contributed by atoms with Crippen LogP contribution < -0.4 is 4.31 Å². The van der Waals surface area contributed by atoms with E-state index in [0.717, 1.165) is 27.1 Å². The average molecular weight is 458 g/mol. The summed E-state index contributed by atoms with van der Waals surface area (Å²) in [6.07, 6.45) is 3.20. The van der Waals surface area contributed by atoms with Gasteiger partial charge >= 0.3 is 5.97 Å². The zero-order valence-electron chi connectivity index (χ0n) is 18.0. The number of hydrogen-bond acceptors (Lipinski definition) is 5. The second kappa shape index (κ2) is 8.63. The predicted molar refractivity (Wildman–Crippen MR) is 126 cm³/mol. The van der Waals surface area contributed by atoms with Gasteiger partial charge in [0.2, 0.25) is 0 Å². The second-order valence-corrected chi connectivity index (χ2v) is 11.2. The third kappa shape index (κ3) is 4.34. The highest BCUT2D eigenvalue weighted by atomic mass is 32.2. The Labute approximate surface area is 187 Å². The molecule has 4 rings (SSSR count). The number of rotatable bonds is 8. The summed E-state index contributed by atoms with van der Waals surface area (Å²) in [5, 5.41) is 1.92. The molecule has 0 aliphatic heterocycles. The summed E-state index contributed by atoms with van der Waals surface area (Å²) in [4.78, 5) is 11.9. The van der Waals surface area contributed by atoms with Crippen molar-refractivity contribution in [3.05, 3.63) is 59.7 Å². The monoisotopic (exact) mass is 457 g/mol. The first kappa shape index (κ1) is 21.8. The molecule has 0 atom stereocenters. The van der Waals surface area contributed by atoms with Gasteiger partial charge in [-0.15, -0.1) is 11.3 Å². The van der Waals surface area contributed by atoms with Gasteiger partial charge in [-0.1, -0.05) is 44.9 Å². The number of nitrogens with zero attached hydrogens (tertiary/aromatic N) is 1. The number of sulfonamides is 1. The molecule has 0 bridgehead atoms. The molecular weight excluding hydrogens is 430 g/mol. The normalized spacial score (nSPS) is 14.2. The quantitative estimate of drug-likeness (QED) is 0.401. The third-order valence-electron chi connectivity index (χ3n) is 5.72. The van der Waals surface area contributed by atoms with Gasteiger partial charge in [0, 0.05) is 11.2 Å². The van der Waals surface area contributed by atoms with Gasteiger partial charge < -0.3 is 4.74 Å². The third-order valence-corrected chi connectivity index (χ3v) is 8.86. The van der Waals surface area contributed by atoms with E-state index in [1.54, 1.807) is 4.31 Å². The van der Waals surface area contributed by atoms with Gasteiger partial charge in [-0.3, -0.25) is 4.31 Å². The summed E-state index contributed by atoms with van der Waals surface area (Å²) in [6, 6.07) is 14.1. The van der Waals surface area contributed by atoms with Crippen LogP contribution in [0.5, 0.6) is 0 Å². The lowest BCUT2D eigenvalue weighted by molar-refractivity contribution is 0.0600. The van der Waals surface area contributed by atoms with E-state index >= 15 is 0 Å². The van der Waals surface area contributed by atoms with Crippen LogP contribution in [0, 0.1) is 5.92 Å². The van der Waals surface area contributed by atoms with E-state index in [2.05, 4.69) is 19.9 Å². The molecule has 1 aliphatic rings. The minimum absolute atomic E-state index is 0.183. The predicted octanol–water partition coefficient (Wildman–Crippen LogP) is 5.81. The summed E-state index contributed by atoms with van der Waals surface area (Å²) >= 11 is 1.54. The number of hydrogen-bond donors (Lipinski definition) is 0. The van der Waals surface area contributed by atoms with Crippen molar-refractivity contribution in [3.8, 4) is 0 Å². The molecule has 1 saturated carbocycles. The van der Waals surface area contributed by atoms with E-state index in [4.69, 9.17) is 4.74 Å². The Morgan fingerprint density at radius 2 is 1.81 bits per heavy atom. The minimum Gasteiger partial charge on any atom is -0.465 e. The maximum atomic E-state index is 13.8. The van der Waals surface area contributed by atoms with Crippen molar-refractivity contribution >= 4 is 42.4 Å². The summed E-state index contributed by atoms with van der Waals surface area (Å²) in [6.45, 7) is 4.67. The molecule has 7 heteroatoms. The number of anilines is 1. The molecule has 0 amide bonds. The first-order valence-corrected chi connectivity index (χ1v) is 12.8. The Morgan fingerprint density at radius 3 is 2.42 bits per heavy atom. The van der Waals surface area contributed by atoms with Gasteiger partial charge in [0.05, 0.1) is 17.6 Å². The summed E-state index contributed by atoms with van der Waals surface area (Å²) in [5.41, 5.74) is 1.40. The molecular formula is C24H27NO4S2. The Bertz CT molecular complexity index is 1190. The fourth-order valence-corrected chi connectivity index (χ4v) is 6.94. The zero-order valence-corrected chi connectivity index (χ0v) is 19.6. The highest BCUT2D eigenvalue weighted by Gasteiger charge is 2.32. The van der Waals surface area contributed by atoms with Crippen LogP contribution in [-0.4, -0.2) is 28.0 Å².